The molecule has 0 atom stereocenters. The molecular weight excluding hydrogens is 370 g/mol. The summed E-state index contributed by atoms with van der Waals surface area (Å²) >= 11 is 6.24. The Kier molecular flexibility index (Phi) is 5.39. The van der Waals surface area contributed by atoms with E-state index < -0.39 is 9.84 Å². The number of sulfone groups is 1. The fourth-order valence-electron chi connectivity index (χ4n) is 3.37. The lowest BCUT2D eigenvalue weighted by Crippen LogP contribution is -2.11. The molecule has 26 heavy (non-hydrogen) atoms. The van der Waals surface area contributed by atoms with E-state index >= 15 is 0 Å². The molecule has 1 aromatic heterocycles. The summed E-state index contributed by atoms with van der Waals surface area (Å²) in [6.45, 7) is 1.76. The summed E-state index contributed by atoms with van der Waals surface area (Å²) in [6.07, 6.45) is 7.96. The van der Waals surface area contributed by atoms with Gasteiger partial charge in [0.15, 0.2) is 9.84 Å². The van der Waals surface area contributed by atoms with Gasteiger partial charge in [-0.15, -0.1) is 0 Å². The lowest BCUT2D eigenvalue weighted by Gasteiger charge is -2.13. The Hall–Kier alpha value is -1.85. The number of allylic oxidation sites excluding steroid dienone is 1. The van der Waals surface area contributed by atoms with Crippen molar-refractivity contribution in [2.45, 2.75) is 37.5 Å². The highest BCUT2D eigenvalue weighted by molar-refractivity contribution is 7.90. The van der Waals surface area contributed by atoms with E-state index in [2.05, 4.69) is 11.1 Å². The van der Waals surface area contributed by atoms with Crippen molar-refractivity contribution in [2.24, 2.45) is 5.92 Å². The van der Waals surface area contributed by atoms with E-state index in [0.717, 1.165) is 35.9 Å². The average molecular weight is 392 g/mol. The van der Waals surface area contributed by atoms with E-state index in [1.54, 1.807) is 25.1 Å². The van der Waals surface area contributed by atoms with Crippen LogP contribution in [-0.2, 0) is 9.84 Å². The molecule has 0 unspecified atom stereocenters. The second-order valence-corrected chi connectivity index (χ2v) is 9.32. The Morgan fingerprint density at radius 2 is 1.88 bits per heavy atom. The zero-order chi connectivity index (χ0) is 18.9. The van der Waals surface area contributed by atoms with E-state index in [-0.39, 0.29) is 15.5 Å². The molecule has 2 aromatic rings. The van der Waals surface area contributed by atoms with Crippen LogP contribution in [0.3, 0.4) is 0 Å². The van der Waals surface area contributed by atoms with Crippen LogP contribution in [0.5, 0.6) is 0 Å². The summed E-state index contributed by atoms with van der Waals surface area (Å²) in [4.78, 5) is 15.1. The maximum atomic E-state index is 12.1. The first-order valence-electron chi connectivity index (χ1n) is 8.68. The molecule has 1 aliphatic carbocycles. The molecule has 0 aliphatic heterocycles. The summed E-state index contributed by atoms with van der Waals surface area (Å²) < 4.78 is 23.6. The molecular formula is C20H22ClNO3S. The molecule has 1 fully saturated rings. The van der Waals surface area contributed by atoms with Crippen LogP contribution in [0.25, 0.3) is 5.57 Å². The molecule has 4 nitrogen and oxygen atoms in total. The first-order valence-corrected chi connectivity index (χ1v) is 10.9. The lowest BCUT2D eigenvalue weighted by atomic mass is 9.96. The average Bonchev–Trinajstić information content (AvgIpc) is 3.07. The van der Waals surface area contributed by atoms with Crippen molar-refractivity contribution in [1.82, 2.24) is 4.98 Å². The van der Waals surface area contributed by atoms with E-state index in [0.29, 0.717) is 11.5 Å². The summed E-state index contributed by atoms with van der Waals surface area (Å²) in [7, 11) is -3.38. The van der Waals surface area contributed by atoms with Crippen molar-refractivity contribution in [3.05, 3.63) is 68.6 Å². The zero-order valence-electron chi connectivity index (χ0n) is 14.9. The Balaban J connectivity index is 2.13. The van der Waals surface area contributed by atoms with Gasteiger partial charge >= 0.3 is 0 Å². The van der Waals surface area contributed by atoms with Gasteiger partial charge in [0.2, 0.25) is 0 Å². The zero-order valence-corrected chi connectivity index (χ0v) is 16.5. The molecule has 0 saturated heterocycles. The number of benzene rings is 1. The number of aryl methyl sites for hydroxylation is 1. The number of hydrogen-bond donors (Lipinski definition) is 1. The van der Waals surface area contributed by atoms with Crippen LogP contribution in [0.15, 0.2) is 46.1 Å². The number of nitrogens with one attached hydrogen (secondary N) is 1. The monoisotopic (exact) mass is 391 g/mol. The molecule has 0 radical (unpaired) electrons. The van der Waals surface area contributed by atoms with E-state index in [9.17, 15) is 13.2 Å². The third-order valence-electron chi connectivity index (χ3n) is 4.84. The van der Waals surface area contributed by atoms with Gasteiger partial charge in [0.1, 0.15) is 0 Å². The molecule has 1 heterocycles. The van der Waals surface area contributed by atoms with Crippen LogP contribution in [-0.4, -0.2) is 19.7 Å². The van der Waals surface area contributed by atoms with Gasteiger partial charge in [0, 0.05) is 23.1 Å². The van der Waals surface area contributed by atoms with Gasteiger partial charge in [-0.25, -0.2) is 8.42 Å². The third-order valence-corrected chi connectivity index (χ3v) is 6.42. The predicted octanol–water partition coefficient (Wildman–Crippen LogP) is 4.36. The van der Waals surface area contributed by atoms with Crippen molar-refractivity contribution >= 4 is 27.0 Å². The maximum Gasteiger partial charge on any atom is 0.251 e. The van der Waals surface area contributed by atoms with Crippen molar-refractivity contribution in [3.8, 4) is 0 Å². The smallest absolute Gasteiger partial charge is 0.251 e. The second kappa shape index (κ2) is 7.41. The standard InChI is InChI=1S/C20H22ClNO3S/c1-13-7-9-18(22-20(13)23)16(11-14-5-3-4-6-14)15-8-10-19(17(21)12-15)26(2,24)25/h7-12,14H,3-6H2,1-2H3,(H,22,23)/b16-11-. The SMILES string of the molecule is Cc1ccc(/C(=C\C2CCCC2)c2ccc(S(C)(=O)=O)c(Cl)c2)[nH]c1=O. The molecule has 3 rings (SSSR count). The number of hydrogen-bond acceptors (Lipinski definition) is 3. The summed E-state index contributed by atoms with van der Waals surface area (Å²) in [5.41, 5.74) is 2.93. The van der Waals surface area contributed by atoms with E-state index in [4.69, 9.17) is 11.6 Å². The fraction of sp³-hybridized carbons (Fsp3) is 0.350. The number of pyridine rings is 1. The molecule has 1 aliphatic rings. The summed E-state index contributed by atoms with van der Waals surface area (Å²) in [5, 5.41) is 0.191. The van der Waals surface area contributed by atoms with Crippen LogP contribution >= 0.6 is 11.6 Å². The van der Waals surface area contributed by atoms with Crippen LogP contribution in [0, 0.1) is 12.8 Å². The van der Waals surface area contributed by atoms with Gasteiger partial charge in [0.25, 0.3) is 5.56 Å². The van der Waals surface area contributed by atoms with Crippen LogP contribution in [0.4, 0.5) is 0 Å². The minimum absolute atomic E-state index is 0.112. The minimum Gasteiger partial charge on any atom is -0.322 e. The van der Waals surface area contributed by atoms with Gasteiger partial charge in [-0.2, -0.15) is 0 Å². The van der Waals surface area contributed by atoms with Gasteiger partial charge < -0.3 is 4.98 Å². The van der Waals surface area contributed by atoms with Gasteiger partial charge in [-0.1, -0.05) is 42.7 Å². The topological polar surface area (TPSA) is 67.0 Å². The van der Waals surface area contributed by atoms with Crippen LogP contribution < -0.4 is 5.56 Å². The number of halogens is 1. The predicted molar refractivity (Wildman–Crippen MR) is 105 cm³/mol. The Morgan fingerprint density at radius 3 is 2.46 bits per heavy atom. The van der Waals surface area contributed by atoms with Crippen molar-refractivity contribution in [1.29, 1.82) is 0 Å². The highest BCUT2D eigenvalue weighted by atomic mass is 35.5. The van der Waals surface area contributed by atoms with Gasteiger partial charge in [-0.3, -0.25) is 4.79 Å². The third kappa shape index (κ3) is 4.10. The number of aromatic amines is 1. The quantitative estimate of drug-likeness (QED) is 0.841. The highest BCUT2D eigenvalue weighted by Crippen LogP contribution is 2.33. The summed E-state index contributed by atoms with van der Waals surface area (Å²) in [5.74, 6) is 0.447. The van der Waals surface area contributed by atoms with E-state index in [1.807, 2.05) is 6.07 Å². The molecule has 1 N–H and O–H groups in total. The van der Waals surface area contributed by atoms with Crippen LogP contribution in [0.1, 0.15) is 42.5 Å². The van der Waals surface area contributed by atoms with Gasteiger partial charge in [-0.05, 0) is 49.4 Å². The lowest BCUT2D eigenvalue weighted by molar-refractivity contribution is 0.602. The molecule has 138 valence electrons. The summed E-state index contributed by atoms with van der Waals surface area (Å²) in [6, 6.07) is 8.62. The molecule has 6 heteroatoms. The molecule has 1 aromatic carbocycles. The largest absolute Gasteiger partial charge is 0.322 e. The van der Waals surface area contributed by atoms with Crippen molar-refractivity contribution < 1.29 is 8.42 Å². The van der Waals surface area contributed by atoms with E-state index in [1.165, 1.54) is 18.9 Å². The van der Waals surface area contributed by atoms with Crippen molar-refractivity contribution in [2.75, 3.05) is 6.26 Å². The first kappa shape index (κ1) is 18.9. The number of rotatable bonds is 4. The second-order valence-electron chi connectivity index (χ2n) is 6.93. The number of H-pyrrole nitrogens is 1. The highest BCUT2D eigenvalue weighted by Gasteiger charge is 2.18. The fourth-order valence-corrected chi connectivity index (χ4v) is 4.70. The Labute approximate surface area is 158 Å². The molecule has 1 saturated carbocycles. The van der Waals surface area contributed by atoms with Crippen molar-refractivity contribution in [3.63, 3.8) is 0 Å². The normalized spacial score (nSPS) is 16.2. The van der Waals surface area contributed by atoms with Gasteiger partial charge in [0.05, 0.1) is 9.92 Å². The van der Waals surface area contributed by atoms with Crippen LogP contribution in [0.2, 0.25) is 5.02 Å². The Morgan fingerprint density at radius 1 is 1.19 bits per heavy atom. The molecule has 0 spiro atoms. The molecule has 0 amide bonds. The minimum atomic E-state index is -3.38. The maximum absolute atomic E-state index is 12.1. The Bertz CT molecular complexity index is 1020. The first-order chi connectivity index (χ1) is 12.3. The molecule has 0 bridgehead atoms. The number of aromatic nitrogens is 1.